The highest BCUT2D eigenvalue weighted by Gasteiger charge is 2.30. The van der Waals surface area contributed by atoms with E-state index in [0.717, 1.165) is 60.7 Å². The van der Waals surface area contributed by atoms with Crippen LogP contribution in [0.3, 0.4) is 0 Å². The van der Waals surface area contributed by atoms with E-state index in [1.165, 1.54) is 15.6 Å². The second-order valence-electron chi connectivity index (χ2n) is 9.81. The van der Waals surface area contributed by atoms with E-state index in [4.69, 9.17) is 9.72 Å². The minimum absolute atomic E-state index is 0.0362. The lowest BCUT2D eigenvalue weighted by atomic mass is 9.96. The fourth-order valence-corrected chi connectivity index (χ4v) is 7.63. The Morgan fingerprint density at radius 1 is 1.06 bits per heavy atom. The Hall–Kier alpha value is -2.33. The number of fused-ring (bicyclic) bond motifs is 1. The number of rotatable bonds is 7. The molecule has 0 N–H and O–H groups in total. The molecule has 1 saturated heterocycles. The Bertz CT molecular complexity index is 1320. The highest BCUT2D eigenvalue weighted by molar-refractivity contribution is 7.89. The van der Waals surface area contributed by atoms with Gasteiger partial charge in [0.05, 0.1) is 27.8 Å². The lowest BCUT2D eigenvalue weighted by Gasteiger charge is -2.30. The number of benzene rings is 2. The molecule has 9 heteroatoms. The van der Waals surface area contributed by atoms with Crippen molar-refractivity contribution in [1.29, 1.82) is 0 Å². The molecule has 0 bridgehead atoms. The van der Waals surface area contributed by atoms with Crippen molar-refractivity contribution < 1.29 is 17.9 Å². The average molecular weight is 528 g/mol. The number of anilines is 1. The molecule has 0 radical (unpaired) electrons. The summed E-state index contributed by atoms with van der Waals surface area (Å²) in [6.07, 6.45) is 6.92. The normalized spacial score (nSPS) is 19.2. The number of para-hydroxylation sites is 1. The third kappa shape index (κ3) is 5.07. The van der Waals surface area contributed by atoms with Gasteiger partial charge in [-0.15, -0.1) is 0 Å². The summed E-state index contributed by atoms with van der Waals surface area (Å²) in [6.45, 7) is 3.14. The van der Waals surface area contributed by atoms with Crippen LogP contribution in [0.15, 0.2) is 47.4 Å². The van der Waals surface area contributed by atoms with Gasteiger partial charge in [0.25, 0.3) is 5.91 Å². The molecule has 0 spiro atoms. The van der Waals surface area contributed by atoms with Gasteiger partial charge in [0.15, 0.2) is 5.13 Å². The number of carbonyl (C=O) groups excluding carboxylic acids is 1. The number of aromatic nitrogens is 1. The van der Waals surface area contributed by atoms with Gasteiger partial charge >= 0.3 is 0 Å². The van der Waals surface area contributed by atoms with Crippen molar-refractivity contribution >= 4 is 42.6 Å². The molecule has 1 aliphatic heterocycles. The predicted octanol–water partition coefficient (Wildman–Crippen LogP) is 5.38. The topological polar surface area (TPSA) is 79.8 Å². The zero-order valence-electron chi connectivity index (χ0n) is 20.9. The number of ether oxygens (including phenoxy) is 1. The van der Waals surface area contributed by atoms with Crippen molar-refractivity contribution in [3.63, 3.8) is 0 Å². The van der Waals surface area contributed by atoms with E-state index in [1.54, 1.807) is 36.2 Å². The van der Waals surface area contributed by atoms with Crippen LogP contribution in [0.4, 0.5) is 5.13 Å². The lowest BCUT2D eigenvalue weighted by molar-refractivity contribution is 0.0917. The van der Waals surface area contributed by atoms with Gasteiger partial charge < -0.3 is 4.74 Å². The summed E-state index contributed by atoms with van der Waals surface area (Å²) in [6, 6.07) is 12.4. The molecular formula is C27H33N3O4S2. The first kappa shape index (κ1) is 25.3. The molecule has 1 amide bonds. The summed E-state index contributed by atoms with van der Waals surface area (Å²) in [7, 11) is -1.95. The van der Waals surface area contributed by atoms with Gasteiger partial charge in [0, 0.05) is 25.3 Å². The van der Waals surface area contributed by atoms with Crippen molar-refractivity contribution in [2.45, 2.75) is 68.9 Å². The number of sulfonamides is 1. The first-order chi connectivity index (χ1) is 17.3. The molecule has 1 atom stereocenters. The van der Waals surface area contributed by atoms with Crippen molar-refractivity contribution in [3.05, 3.63) is 53.6 Å². The van der Waals surface area contributed by atoms with Crippen LogP contribution in [0.5, 0.6) is 0 Å². The van der Waals surface area contributed by atoms with Crippen LogP contribution < -0.4 is 4.90 Å². The highest BCUT2D eigenvalue weighted by Crippen LogP contribution is 2.33. The molecule has 1 saturated carbocycles. The Kier molecular flexibility index (Phi) is 7.44. The molecule has 2 aromatic carbocycles. The highest BCUT2D eigenvalue weighted by atomic mass is 32.2. The standard InChI is InChI=1S/C27H33N3O4S2/c1-19-8-6-12-24-25(19)28-27(35-24)30(18-22-11-7-17-34-22)26(31)20-13-15-23(16-14-20)36(32,33)29(2)21-9-4-3-5-10-21/h6,8,12-16,21-22H,3-5,7,9-11,17-18H2,1-2H3. The van der Waals surface area contributed by atoms with Crippen molar-refractivity contribution in [2.24, 2.45) is 0 Å². The van der Waals surface area contributed by atoms with Gasteiger partial charge in [0.2, 0.25) is 10.0 Å². The summed E-state index contributed by atoms with van der Waals surface area (Å²) in [5.41, 5.74) is 2.40. The minimum Gasteiger partial charge on any atom is -0.376 e. The van der Waals surface area contributed by atoms with Gasteiger partial charge in [-0.1, -0.05) is 42.7 Å². The molecule has 2 fully saturated rings. The summed E-state index contributed by atoms with van der Waals surface area (Å²) < 4.78 is 34.8. The van der Waals surface area contributed by atoms with Crippen LogP contribution in [0, 0.1) is 6.92 Å². The van der Waals surface area contributed by atoms with Crippen LogP contribution in [-0.2, 0) is 14.8 Å². The smallest absolute Gasteiger partial charge is 0.260 e. The van der Waals surface area contributed by atoms with E-state index in [0.29, 0.717) is 23.8 Å². The van der Waals surface area contributed by atoms with Gasteiger partial charge in [-0.2, -0.15) is 4.31 Å². The molecule has 1 unspecified atom stereocenters. The van der Waals surface area contributed by atoms with Crippen LogP contribution in [0.1, 0.15) is 60.9 Å². The molecular weight excluding hydrogens is 494 g/mol. The monoisotopic (exact) mass is 527 g/mol. The van der Waals surface area contributed by atoms with E-state index in [2.05, 4.69) is 0 Å². The average Bonchev–Trinajstić information content (AvgIpc) is 3.57. The number of aryl methyl sites for hydroxylation is 1. The summed E-state index contributed by atoms with van der Waals surface area (Å²) in [5, 5.41) is 0.633. The van der Waals surface area contributed by atoms with Gasteiger partial charge in [0.1, 0.15) is 0 Å². The number of amides is 1. The van der Waals surface area contributed by atoms with Crippen molar-refractivity contribution in [3.8, 4) is 0 Å². The Balaban J connectivity index is 1.41. The molecule has 3 aromatic rings. The Morgan fingerprint density at radius 3 is 2.47 bits per heavy atom. The largest absolute Gasteiger partial charge is 0.376 e. The van der Waals surface area contributed by atoms with Gasteiger partial charge in [-0.05, 0) is 68.5 Å². The SMILES string of the molecule is Cc1cccc2sc(N(CC3CCCO3)C(=O)c3ccc(S(=O)(=O)N(C)C4CCCCC4)cc3)nc12. The van der Waals surface area contributed by atoms with E-state index in [-0.39, 0.29) is 22.9 Å². The van der Waals surface area contributed by atoms with E-state index < -0.39 is 10.0 Å². The summed E-state index contributed by atoms with van der Waals surface area (Å²) in [5.74, 6) is -0.202. The maximum absolute atomic E-state index is 13.7. The molecule has 192 valence electrons. The molecule has 7 nitrogen and oxygen atoms in total. The maximum Gasteiger partial charge on any atom is 0.260 e. The fourth-order valence-electron chi connectivity index (χ4n) is 5.16. The lowest BCUT2D eigenvalue weighted by Crippen LogP contribution is -2.38. The second kappa shape index (κ2) is 10.6. The van der Waals surface area contributed by atoms with Crippen molar-refractivity contribution in [2.75, 3.05) is 25.1 Å². The maximum atomic E-state index is 13.7. The number of thiazole rings is 1. The molecule has 5 rings (SSSR count). The molecule has 2 heterocycles. The van der Waals surface area contributed by atoms with E-state index in [9.17, 15) is 13.2 Å². The van der Waals surface area contributed by atoms with Crippen molar-refractivity contribution in [1.82, 2.24) is 9.29 Å². The molecule has 1 aromatic heterocycles. The van der Waals surface area contributed by atoms with E-state index >= 15 is 0 Å². The minimum atomic E-state index is -3.62. The van der Waals surface area contributed by atoms with Gasteiger partial charge in [-0.25, -0.2) is 13.4 Å². The zero-order valence-corrected chi connectivity index (χ0v) is 22.5. The molecule has 2 aliphatic rings. The number of carbonyl (C=O) groups is 1. The molecule has 1 aliphatic carbocycles. The quantitative estimate of drug-likeness (QED) is 0.412. The van der Waals surface area contributed by atoms with Crippen LogP contribution >= 0.6 is 11.3 Å². The van der Waals surface area contributed by atoms with Gasteiger partial charge in [-0.3, -0.25) is 9.69 Å². The summed E-state index contributed by atoms with van der Waals surface area (Å²) >= 11 is 1.49. The number of hydrogen-bond acceptors (Lipinski definition) is 6. The third-order valence-electron chi connectivity index (χ3n) is 7.36. The second-order valence-corrected chi connectivity index (χ2v) is 12.8. The number of nitrogens with zero attached hydrogens (tertiary/aromatic N) is 3. The Labute approximate surface area is 217 Å². The van der Waals surface area contributed by atoms with Crippen LogP contribution in [0.25, 0.3) is 10.2 Å². The summed E-state index contributed by atoms with van der Waals surface area (Å²) in [4.78, 5) is 20.4. The molecule has 36 heavy (non-hydrogen) atoms. The number of hydrogen-bond donors (Lipinski definition) is 0. The zero-order chi connectivity index (χ0) is 25.3. The first-order valence-corrected chi connectivity index (χ1v) is 15.0. The van der Waals surface area contributed by atoms with Crippen LogP contribution in [0.2, 0.25) is 0 Å². The van der Waals surface area contributed by atoms with Crippen LogP contribution in [-0.4, -0.2) is 56.0 Å². The first-order valence-electron chi connectivity index (χ1n) is 12.7. The Morgan fingerprint density at radius 2 is 1.81 bits per heavy atom. The predicted molar refractivity (Wildman–Crippen MR) is 143 cm³/mol. The fraction of sp³-hybridized carbons (Fsp3) is 0.481. The third-order valence-corrected chi connectivity index (χ3v) is 10.3. The van der Waals surface area contributed by atoms with E-state index in [1.807, 2.05) is 25.1 Å².